The number of alkyl halides is 1. The highest BCUT2D eigenvalue weighted by atomic mass is 79.9. The molecule has 0 fully saturated rings. The molecule has 2 nitrogen and oxygen atoms in total. The van der Waals surface area contributed by atoms with Crippen molar-refractivity contribution in [2.24, 2.45) is 0 Å². The van der Waals surface area contributed by atoms with Crippen LogP contribution in [0.15, 0.2) is 22.7 Å². The monoisotopic (exact) mass is 365 g/mol. The molecule has 94 valence electrons. The summed E-state index contributed by atoms with van der Waals surface area (Å²) in [5.41, 5.74) is 0.487. The predicted molar refractivity (Wildman–Crippen MR) is 74.1 cm³/mol. The van der Waals surface area contributed by atoms with Crippen molar-refractivity contribution in [2.45, 2.75) is 19.9 Å². The number of benzene rings is 1. The maximum atomic E-state index is 13.0. The topological polar surface area (TPSA) is 20.3 Å². The largest absolute Gasteiger partial charge is 0.335 e. The Labute approximate surface area is 117 Å². The summed E-state index contributed by atoms with van der Waals surface area (Å²) in [6.07, 6.45) is 0. The second kappa shape index (κ2) is 6.50. The number of halogens is 3. The van der Waals surface area contributed by atoms with Gasteiger partial charge in [0, 0.05) is 22.4 Å². The van der Waals surface area contributed by atoms with Crippen molar-refractivity contribution >= 4 is 37.8 Å². The second-order valence-corrected chi connectivity index (χ2v) is 5.55. The molecule has 1 rings (SSSR count). The van der Waals surface area contributed by atoms with Gasteiger partial charge in [-0.2, -0.15) is 0 Å². The minimum Gasteiger partial charge on any atom is -0.335 e. The van der Waals surface area contributed by atoms with Gasteiger partial charge in [-0.3, -0.25) is 4.79 Å². The number of hydrogen-bond acceptors (Lipinski definition) is 1. The molecule has 1 amide bonds. The van der Waals surface area contributed by atoms with E-state index in [0.717, 1.165) is 5.33 Å². The third-order valence-electron chi connectivity index (χ3n) is 2.37. The normalized spacial score (nSPS) is 10.7. The summed E-state index contributed by atoms with van der Waals surface area (Å²) in [7, 11) is 0. The number of carbonyl (C=O) groups excluding carboxylic acids is 1. The van der Waals surface area contributed by atoms with Crippen LogP contribution in [0.5, 0.6) is 0 Å². The van der Waals surface area contributed by atoms with E-state index in [9.17, 15) is 9.18 Å². The van der Waals surface area contributed by atoms with Crippen molar-refractivity contribution in [3.05, 3.63) is 34.1 Å². The van der Waals surface area contributed by atoms with Gasteiger partial charge >= 0.3 is 0 Å². The van der Waals surface area contributed by atoms with E-state index >= 15 is 0 Å². The molecule has 0 unspecified atom stereocenters. The first-order valence-corrected chi connectivity index (χ1v) is 7.20. The fourth-order valence-corrected chi connectivity index (χ4v) is 2.41. The Hall–Kier alpha value is -0.420. The van der Waals surface area contributed by atoms with E-state index in [4.69, 9.17) is 0 Å². The van der Waals surface area contributed by atoms with E-state index in [-0.39, 0.29) is 17.8 Å². The Morgan fingerprint density at radius 3 is 2.59 bits per heavy atom. The van der Waals surface area contributed by atoms with E-state index in [1.807, 2.05) is 13.8 Å². The van der Waals surface area contributed by atoms with Gasteiger partial charge in [0.2, 0.25) is 0 Å². The van der Waals surface area contributed by atoms with E-state index in [0.29, 0.717) is 16.6 Å². The zero-order chi connectivity index (χ0) is 13.0. The molecule has 0 heterocycles. The van der Waals surface area contributed by atoms with Crippen LogP contribution in [-0.4, -0.2) is 28.7 Å². The van der Waals surface area contributed by atoms with Gasteiger partial charge in [-0.1, -0.05) is 15.9 Å². The lowest BCUT2D eigenvalue weighted by atomic mass is 10.1. The van der Waals surface area contributed by atoms with Gasteiger partial charge in [0.1, 0.15) is 5.82 Å². The van der Waals surface area contributed by atoms with Crippen LogP contribution < -0.4 is 0 Å². The summed E-state index contributed by atoms with van der Waals surface area (Å²) < 4.78 is 13.4. The Balaban J connectivity index is 3.01. The maximum Gasteiger partial charge on any atom is 0.255 e. The lowest BCUT2D eigenvalue weighted by Crippen LogP contribution is -2.38. The van der Waals surface area contributed by atoms with Gasteiger partial charge in [-0.25, -0.2) is 4.39 Å². The number of amides is 1. The third kappa shape index (κ3) is 3.78. The Kier molecular flexibility index (Phi) is 5.59. The van der Waals surface area contributed by atoms with Gasteiger partial charge in [-0.15, -0.1) is 0 Å². The molecule has 1 aromatic rings. The zero-order valence-corrected chi connectivity index (χ0v) is 12.9. The molecule has 0 aliphatic heterocycles. The van der Waals surface area contributed by atoms with Gasteiger partial charge in [0.15, 0.2) is 0 Å². The fraction of sp³-hybridized carbons (Fsp3) is 0.417. The summed E-state index contributed by atoms with van der Waals surface area (Å²) in [5, 5.41) is 0.718. The van der Waals surface area contributed by atoms with Crippen LogP contribution in [-0.2, 0) is 0 Å². The molecule has 0 N–H and O–H groups in total. The van der Waals surface area contributed by atoms with Crippen LogP contribution in [0.2, 0.25) is 0 Å². The van der Waals surface area contributed by atoms with Gasteiger partial charge in [-0.05, 0) is 48.0 Å². The average Bonchev–Trinajstić information content (AvgIpc) is 2.24. The molecule has 1 aromatic carbocycles. The molecule has 0 saturated carbocycles. The van der Waals surface area contributed by atoms with Crippen molar-refractivity contribution in [2.75, 3.05) is 11.9 Å². The highest BCUT2D eigenvalue weighted by molar-refractivity contribution is 9.10. The number of rotatable bonds is 4. The van der Waals surface area contributed by atoms with Crippen molar-refractivity contribution in [3.63, 3.8) is 0 Å². The Morgan fingerprint density at radius 2 is 2.12 bits per heavy atom. The number of nitrogens with zero attached hydrogens (tertiary/aromatic N) is 1. The SMILES string of the molecule is CC(C)N(CCBr)C(=O)c1ccc(F)cc1Br. The summed E-state index contributed by atoms with van der Waals surface area (Å²) >= 11 is 6.54. The quantitative estimate of drug-likeness (QED) is 0.741. The number of hydrogen-bond donors (Lipinski definition) is 0. The molecular weight excluding hydrogens is 353 g/mol. The molecule has 17 heavy (non-hydrogen) atoms. The summed E-state index contributed by atoms with van der Waals surface area (Å²) in [6.45, 7) is 4.54. The predicted octanol–water partition coefficient (Wildman–Crippen LogP) is 3.83. The molecule has 0 aromatic heterocycles. The summed E-state index contributed by atoms with van der Waals surface area (Å²) in [6, 6.07) is 4.22. The smallest absolute Gasteiger partial charge is 0.255 e. The van der Waals surface area contributed by atoms with Gasteiger partial charge in [0.05, 0.1) is 5.56 Å². The van der Waals surface area contributed by atoms with Crippen molar-refractivity contribution in [1.29, 1.82) is 0 Å². The second-order valence-electron chi connectivity index (χ2n) is 3.91. The lowest BCUT2D eigenvalue weighted by molar-refractivity contribution is 0.0718. The van der Waals surface area contributed by atoms with Crippen LogP contribution in [0.25, 0.3) is 0 Å². The van der Waals surface area contributed by atoms with E-state index in [2.05, 4.69) is 31.9 Å². The molecule has 0 aliphatic carbocycles. The highest BCUT2D eigenvalue weighted by Crippen LogP contribution is 2.20. The van der Waals surface area contributed by atoms with Crippen LogP contribution in [0.4, 0.5) is 4.39 Å². The molecule has 0 bridgehead atoms. The standard InChI is InChI=1S/C12H14Br2FNO/c1-8(2)16(6-5-13)12(17)10-4-3-9(15)7-11(10)14/h3-4,7-8H,5-6H2,1-2H3. The molecular formula is C12H14Br2FNO. The number of carbonyl (C=O) groups is 1. The molecule has 0 spiro atoms. The van der Waals surface area contributed by atoms with Crippen LogP contribution in [0.1, 0.15) is 24.2 Å². The van der Waals surface area contributed by atoms with Crippen molar-refractivity contribution in [1.82, 2.24) is 4.90 Å². The molecule has 0 atom stereocenters. The molecule has 5 heteroatoms. The Bertz CT molecular complexity index is 409. The van der Waals surface area contributed by atoms with Gasteiger partial charge in [0.25, 0.3) is 5.91 Å². The van der Waals surface area contributed by atoms with Crippen LogP contribution in [0.3, 0.4) is 0 Å². The lowest BCUT2D eigenvalue weighted by Gasteiger charge is -2.26. The summed E-state index contributed by atoms with van der Waals surface area (Å²) in [5.74, 6) is -0.448. The first-order chi connectivity index (χ1) is 7.97. The minimum atomic E-state index is -0.356. The Morgan fingerprint density at radius 1 is 1.47 bits per heavy atom. The van der Waals surface area contributed by atoms with Crippen LogP contribution in [0, 0.1) is 5.82 Å². The van der Waals surface area contributed by atoms with Gasteiger partial charge < -0.3 is 4.90 Å². The zero-order valence-electron chi connectivity index (χ0n) is 9.71. The first-order valence-electron chi connectivity index (χ1n) is 5.29. The van der Waals surface area contributed by atoms with E-state index in [1.165, 1.54) is 18.2 Å². The van der Waals surface area contributed by atoms with Crippen molar-refractivity contribution in [3.8, 4) is 0 Å². The van der Waals surface area contributed by atoms with E-state index in [1.54, 1.807) is 4.90 Å². The molecule has 0 radical (unpaired) electrons. The average molecular weight is 367 g/mol. The first kappa shape index (κ1) is 14.6. The fourth-order valence-electron chi connectivity index (χ4n) is 1.50. The maximum absolute atomic E-state index is 13.0. The molecule has 0 saturated heterocycles. The third-order valence-corrected chi connectivity index (χ3v) is 3.38. The van der Waals surface area contributed by atoms with Crippen LogP contribution >= 0.6 is 31.9 Å². The minimum absolute atomic E-state index is 0.0914. The summed E-state index contributed by atoms with van der Waals surface area (Å²) in [4.78, 5) is 14.0. The van der Waals surface area contributed by atoms with Crippen molar-refractivity contribution < 1.29 is 9.18 Å². The highest BCUT2D eigenvalue weighted by Gasteiger charge is 2.20. The van der Waals surface area contributed by atoms with E-state index < -0.39 is 0 Å². The molecule has 0 aliphatic rings.